The van der Waals surface area contributed by atoms with Crippen molar-refractivity contribution in [1.29, 1.82) is 0 Å². The van der Waals surface area contributed by atoms with Gasteiger partial charge in [-0.05, 0) is 42.2 Å². The van der Waals surface area contributed by atoms with Gasteiger partial charge < -0.3 is 14.4 Å². The van der Waals surface area contributed by atoms with Crippen LogP contribution in [-0.2, 0) is 9.31 Å². The Morgan fingerprint density at radius 1 is 1.10 bits per heavy atom. The van der Waals surface area contributed by atoms with Crippen molar-refractivity contribution in [2.24, 2.45) is 5.41 Å². The normalized spacial score (nSPS) is 20.7. The Hall–Kier alpha value is -1.52. The van der Waals surface area contributed by atoms with E-state index in [0.29, 0.717) is 6.61 Å². The maximum absolute atomic E-state index is 9.96. The van der Waals surface area contributed by atoms with Gasteiger partial charge in [-0.1, -0.05) is 38.1 Å². The number of aromatic hydroxyl groups is 1. The lowest BCUT2D eigenvalue weighted by Crippen LogP contribution is -2.58. The molecule has 1 aliphatic rings. The summed E-state index contributed by atoms with van der Waals surface area (Å²) in [4.78, 5) is 0. The molecule has 0 saturated carbocycles. The molecule has 0 radical (unpaired) electrons. The van der Waals surface area contributed by atoms with Gasteiger partial charge >= 0.3 is 7.12 Å². The van der Waals surface area contributed by atoms with Crippen molar-refractivity contribution in [3.8, 4) is 5.75 Å². The van der Waals surface area contributed by atoms with Crippen LogP contribution in [-0.4, -0.2) is 24.4 Å². The fourth-order valence-electron chi connectivity index (χ4n) is 2.59. The second-order valence-corrected chi connectivity index (χ2v) is 6.91. The Kier molecular flexibility index (Phi) is 3.26. The van der Waals surface area contributed by atoms with E-state index in [9.17, 15) is 5.11 Å². The molecule has 0 aliphatic carbocycles. The van der Waals surface area contributed by atoms with Gasteiger partial charge in [-0.25, -0.2) is 0 Å². The zero-order valence-electron chi connectivity index (χ0n) is 13.0. The van der Waals surface area contributed by atoms with Gasteiger partial charge in [-0.15, -0.1) is 0 Å². The van der Waals surface area contributed by atoms with Crippen molar-refractivity contribution >= 4 is 23.4 Å². The lowest BCUT2D eigenvalue weighted by molar-refractivity contribution is -0.0936. The van der Waals surface area contributed by atoms with Crippen LogP contribution >= 0.6 is 0 Å². The van der Waals surface area contributed by atoms with Crippen molar-refractivity contribution in [2.45, 2.75) is 33.3 Å². The van der Waals surface area contributed by atoms with E-state index in [0.717, 1.165) is 16.2 Å². The van der Waals surface area contributed by atoms with E-state index in [4.69, 9.17) is 9.31 Å². The molecule has 1 N–H and O–H groups in total. The second-order valence-electron chi connectivity index (χ2n) is 6.91. The molecule has 1 saturated heterocycles. The summed E-state index contributed by atoms with van der Waals surface area (Å²) >= 11 is 0. The molecule has 4 heteroatoms. The van der Waals surface area contributed by atoms with Gasteiger partial charge in [0.1, 0.15) is 5.75 Å². The fourth-order valence-corrected chi connectivity index (χ4v) is 2.59. The minimum Gasteiger partial charge on any atom is -0.508 e. The molecule has 0 unspecified atom stereocenters. The fraction of sp³-hybridized carbons (Fsp3) is 0.412. The first kappa shape index (κ1) is 14.4. The van der Waals surface area contributed by atoms with Crippen LogP contribution in [0.15, 0.2) is 36.4 Å². The second kappa shape index (κ2) is 4.75. The van der Waals surface area contributed by atoms with Gasteiger partial charge in [0.05, 0.1) is 5.60 Å². The van der Waals surface area contributed by atoms with Gasteiger partial charge in [-0.2, -0.15) is 0 Å². The zero-order valence-corrected chi connectivity index (χ0v) is 13.0. The SMILES string of the molecule is CC1(C)COB(c2cc(O)cc3ccccc23)OC1(C)C. The zero-order chi connectivity index (χ0) is 15.3. The highest BCUT2D eigenvalue weighted by molar-refractivity contribution is 6.64. The largest absolute Gasteiger partial charge is 0.508 e. The average molecular weight is 284 g/mol. The number of hydrogen-bond donors (Lipinski definition) is 1. The highest BCUT2D eigenvalue weighted by Gasteiger charge is 2.47. The summed E-state index contributed by atoms with van der Waals surface area (Å²) < 4.78 is 12.1. The first-order chi connectivity index (χ1) is 9.80. The smallest absolute Gasteiger partial charge is 0.495 e. The summed E-state index contributed by atoms with van der Waals surface area (Å²) in [7, 11) is -0.454. The maximum Gasteiger partial charge on any atom is 0.495 e. The van der Waals surface area contributed by atoms with Gasteiger partial charge in [0.25, 0.3) is 0 Å². The third-order valence-electron chi connectivity index (χ3n) is 4.76. The van der Waals surface area contributed by atoms with Crippen molar-refractivity contribution < 1.29 is 14.4 Å². The van der Waals surface area contributed by atoms with E-state index in [1.54, 1.807) is 12.1 Å². The van der Waals surface area contributed by atoms with Gasteiger partial charge in [0.15, 0.2) is 0 Å². The van der Waals surface area contributed by atoms with E-state index >= 15 is 0 Å². The Balaban J connectivity index is 2.06. The van der Waals surface area contributed by atoms with Crippen LogP contribution in [0, 0.1) is 5.41 Å². The number of rotatable bonds is 1. The standard InChI is InChI=1S/C17H21BO3/c1-16(2)11-20-18(21-17(16,3)4)15-10-13(19)9-12-7-5-6-8-14(12)15/h5-10,19H,11H2,1-4H3. The van der Waals surface area contributed by atoms with E-state index in [-0.39, 0.29) is 16.8 Å². The molecule has 110 valence electrons. The monoisotopic (exact) mass is 284 g/mol. The third kappa shape index (κ3) is 2.43. The minimum atomic E-state index is -0.454. The van der Waals surface area contributed by atoms with E-state index in [1.807, 2.05) is 24.3 Å². The molecule has 0 amide bonds. The molecule has 0 spiro atoms. The molecule has 2 aromatic carbocycles. The first-order valence-electron chi connectivity index (χ1n) is 7.31. The number of hydrogen-bond acceptors (Lipinski definition) is 3. The van der Waals surface area contributed by atoms with Crippen molar-refractivity contribution in [2.75, 3.05) is 6.61 Å². The summed E-state index contributed by atoms with van der Waals surface area (Å²) in [5, 5.41) is 12.0. The highest BCUT2D eigenvalue weighted by Crippen LogP contribution is 2.38. The molecule has 3 nitrogen and oxygen atoms in total. The van der Waals surface area contributed by atoms with E-state index in [2.05, 4.69) is 27.7 Å². The number of benzene rings is 2. The van der Waals surface area contributed by atoms with Crippen molar-refractivity contribution in [3.63, 3.8) is 0 Å². The Morgan fingerprint density at radius 3 is 2.52 bits per heavy atom. The Bertz CT molecular complexity index is 679. The lowest BCUT2D eigenvalue weighted by Gasteiger charge is -2.47. The molecular formula is C17H21BO3. The molecule has 0 aromatic heterocycles. The highest BCUT2D eigenvalue weighted by atomic mass is 16.6. The molecule has 21 heavy (non-hydrogen) atoms. The van der Waals surface area contributed by atoms with Crippen LogP contribution < -0.4 is 5.46 Å². The average Bonchev–Trinajstić information content (AvgIpc) is 2.41. The van der Waals surface area contributed by atoms with E-state index in [1.165, 1.54) is 0 Å². The van der Waals surface area contributed by atoms with Crippen LogP contribution in [0.1, 0.15) is 27.7 Å². The molecular weight excluding hydrogens is 263 g/mol. The maximum atomic E-state index is 9.96. The molecule has 1 fully saturated rings. The van der Waals surface area contributed by atoms with Gasteiger partial charge in [0, 0.05) is 12.0 Å². The minimum absolute atomic E-state index is 0.0594. The summed E-state index contributed by atoms with van der Waals surface area (Å²) in [5.41, 5.74) is 0.521. The molecule has 2 aromatic rings. The third-order valence-corrected chi connectivity index (χ3v) is 4.76. The summed E-state index contributed by atoms with van der Waals surface area (Å²) in [5.74, 6) is 0.235. The molecule has 1 heterocycles. The van der Waals surface area contributed by atoms with Crippen LogP contribution in [0.2, 0.25) is 0 Å². The summed E-state index contributed by atoms with van der Waals surface area (Å²) in [6, 6.07) is 11.5. The van der Waals surface area contributed by atoms with Crippen LogP contribution in [0.25, 0.3) is 10.8 Å². The molecule has 1 aliphatic heterocycles. The summed E-state index contributed by atoms with van der Waals surface area (Å²) in [6.45, 7) is 9.09. The topological polar surface area (TPSA) is 38.7 Å². The number of phenolic OH excluding ortho intramolecular Hbond substituents is 1. The predicted octanol–water partition coefficient (Wildman–Crippen LogP) is 3.09. The lowest BCUT2D eigenvalue weighted by atomic mass is 9.68. The van der Waals surface area contributed by atoms with Crippen LogP contribution in [0.5, 0.6) is 5.75 Å². The predicted molar refractivity (Wildman–Crippen MR) is 85.9 cm³/mol. The Morgan fingerprint density at radius 2 is 1.81 bits per heavy atom. The van der Waals surface area contributed by atoms with Gasteiger partial charge in [-0.3, -0.25) is 0 Å². The molecule has 0 bridgehead atoms. The van der Waals surface area contributed by atoms with Crippen LogP contribution in [0.3, 0.4) is 0 Å². The van der Waals surface area contributed by atoms with Crippen molar-refractivity contribution in [1.82, 2.24) is 0 Å². The Labute approximate surface area is 126 Å². The molecule has 3 rings (SSSR count). The van der Waals surface area contributed by atoms with Crippen molar-refractivity contribution in [3.05, 3.63) is 36.4 Å². The first-order valence-corrected chi connectivity index (χ1v) is 7.31. The van der Waals surface area contributed by atoms with Crippen LogP contribution in [0.4, 0.5) is 0 Å². The quantitative estimate of drug-likeness (QED) is 0.818. The number of phenols is 1. The number of fused-ring (bicyclic) bond motifs is 1. The van der Waals surface area contributed by atoms with Gasteiger partial charge in [0.2, 0.25) is 0 Å². The summed E-state index contributed by atoms with van der Waals surface area (Å²) in [6.07, 6.45) is 0. The molecule has 0 atom stereocenters. The van der Waals surface area contributed by atoms with E-state index < -0.39 is 7.12 Å².